The summed E-state index contributed by atoms with van der Waals surface area (Å²) < 4.78 is 7.17. The van der Waals surface area contributed by atoms with Gasteiger partial charge in [0.15, 0.2) is 0 Å². The Morgan fingerprint density at radius 2 is 2.00 bits per heavy atom. The summed E-state index contributed by atoms with van der Waals surface area (Å²) in [5.74, 6) is 0.416. The number of carbonyl (C=O) groups excluding carboxylic acids is 1. The molecular formula is C20H20N4O4. The Balaban J connectivity index is 1.68. The van der Waals surface area contributed by atoms with E-state index >= 15 is 0 Å². The van der Waals surface area contributed by atoms with Gasteiger partial charge < -0.3 is 14.2 Å². The number of hydrogen-bond acceptors (Lipinski definition) is 5. The molecule has 1 heterocycles. The smallest absolute Gasteiger partial charge is 0.294 e. The van der Waals surface area contributed by atoms with Crippen molar-refractivity contribution in [2.75, 3.05) is 20.2 Å². The van der Waals surface area contributed by atoms with Crippen molar-refractivity contribution in [3.63, 3.8) is 0 Å². The summed E-state index contributed by atoms with van der Waals surface area (Å²) in [7, 11) is 1.64. The number of aromatic nitrogens is 2. The third-order valence-electron chi connectivity index (χ3n) is 4.26. The zero-order valence-electron chi connectivity index (χ0n) is 15.6. The minimum absolute atomic E-state index is 0.159. The van der Waals surface area contributed by atoms with Crippen LogP contribution in [0.2, 0.25) is 0 Å². The maximum Gasteiger partial charge on any atom is 0.294 e. The molecule has 0 N–H and O–H groups in total. The molecule has 8 nitrogen and oxygen atoms in total. The number of rotatable bonds is 7. The molecule has 144 valence electrons. The highest BCUT2D eigenvalue weighted by molar-refractivity contribution is 5.95. The second kappa shape index (κ2) is 8.34. The summed E-state index contributed by atoms with van der Waals surface area (Å²) in [5, 5.41) is 11.4. The topological polar surface area (TPSA) is 90.5 Å². The third-order valence-corrected chi connectivity index (χ3v) is 4.26. The van der Waals surface area contributed by atoms with Crippen LogP contribution in [-0.2, 0) is 0 Å². The summed E-state index contributed by atoms with van der Waals surface area (Å²) in [6.07, 6.45) is 4.61. The molecule has 0 spiro atoms. The first-order chi connectivity index (χ1) is 13.5. The van der Waals surface area contributed by atoms with Crippen molar-refractivity contribution in [2.24, 2.45) is 0 Å². The van der Waals surface area contributed by atoms with Crippen molar-refractivity contribution in [1.29, 1.82) is 0 Å². The van der Waals surface area contributed by atoms with Crippen LogP contribution in [-0.4, -0.2) is 45.5 Å². The molecule has 0 atom stereocenters. The van der Waals surface area contributed by atoms with E-state index in [9.17, 15) is 14.9 Å². The van der Waals surface area contributed by atoms with E-state index in [1.165, 1.54) is 28.1 Å². The van der Waals surface area contributed by atoms with E-state index in [4.69, 9.17) is 4.74 Å². The number of carbonyl (C=O) groups is 1. The molecule has 3 aromatic rings. The molecule has 1 amide bonds. The monoisotopic (exact) mass is 380 g/mol. The molecule has 8 heteroatoms. The zero-order chi connectivity index (χ0) is 20.1. The predicted octanol–water partition coefficient (Wildman–Crippen LogP) is 3.24. The average molecular weight is 380 g/mol. The van der Waals surface area contributed by atoms with E-state index < -0.39 is 4.92 Å². The van der Waals surface area contributed by atoms with E-state index in [2.05, 4.69) is 4.98 Å². The van der Waals surface area contributed by atoms with Gasteiger partial charge in [-0.1, -0.05) is 17.7 Å². The molecule has 0 unspecified atom stereocenters. The molecular weight excluding hydrogens is 360 g/mol. The lowest BCUT2D eigenvalue weighted by molar-refractivity contribution is -0.384. The van der Waals surface area contributed by atoms with Crippen LogP contribution in [0, 0.1) is 17.0 Å². The van der Waals surface area contributed by atoms with Gasteiger partial charge in [0.05, 0.1) is 17.8 Å². The van der Waals surface area contributed by atoms with Crippen LogP contribution in [0.3, 0.4) is 0 Å². The molecule has 0 bridgehead atoms. The standard InChI is InChI=1S/C20H20N4O4/c1-15-3-6-17(7-4-15)28-12-11-22(2)20(25)16-5-8-18(19(13-16)24(26)27)23-10-9-21-14-23/h3-10,13-14H,11-12H2,1-2H3. The van der Waals surface area contributed by atoms with Gasteiger partial charge in [-0.25, -0.2) is 4.98 Å². The van der Waals surface area contributed by atoms with Crippen LogP contribution in [0.15, 0.2) is 61.2 Å². The molecule has 0 radical (unpaired) electrons. The van der Waals surface area contributed by atoms with Gasteiger partial charge in [-0.05, 0) is 31.2 Å². The fourth-order valence-corrected chi connectivity index (χ4v) is 2.68. The normalized spacial score (nSPS) is 10.5. The number of likely N-dealkylation sites (N-methyl/N-ethyl adjacent to an activating group) is 1. The first-order valence-corrected chi connectivity index (χ1v) is 8.67. The maximum atomic E-state index is 12.6. The molecule has 0 aliphatic carbocycles. The first-order valence-electron chi connectivity index (χ1n) is 8.67. The van der Waals surface area contributed by atoms with Gasteiger partial charge in [0.1, 0.15) is 18.0 Å². The number of aryl methyl sites for hydroxylation is 1. The van der Waals surface area contributed by atoms with Crippen molar-refractivity contribution in [2.45, 2.75) is 6.92 Å². The highest BCUT2D eigenvalue weighted by atomic mass is 16.6. The minimum Gasteiger partial charge on any atom is -0.492 e. The van der Waals surface area contributed by atoms with E-state index in [0.717, 1.165) is 11.3 Å². The molecule has 0 saturated heterocycles. The van der Waals surface area contributed by atoms with Gasteiger partial charge >= 0.3 is 0 Å². The second-order valence-electron chi connectivity index (χ2n) is 6.32. The highest BCUT2D eigenvalue weighted by Gasteiger charge is 2.20. The number of imidazole rings is 1. The Labute approximate surface area is 162 Å². The van der Waals surface area contributed by atoms with Gasteiger partial charge in [-0.15, -0.1) is 0 Å². The van der Waals surface area contributed by atoms with Crippen LogP contribution < -0.4 is 4.74 Å². The van der Waals surface area contributed by atoms with E-state index in [1.54, 1.807) is 25.4 Å². The SMILES string of the molecule is Cc1ccc(OCCN(C)C(=O)c2ccc(-n3ccnc3)c([N+](=O)[O-])c2)cc1. The lowest BCUT2D eigenvalue weighted by Gasteiger charge is -2.18. The predicted molar refractivity (Wildman–Crippen MR) is 104 cm³/mol. The highest BCUT2D eigenvalue weighted by Crippen LogP contribution is 2.24. The van der Waals surface area contributed by atoms with E-state index in [-0.39, 0.29) is 17.2 Å². The summed E-state index contributed by atoms with van der Waals surface area (Å²) in [4.78, 5) is 28.9. The van der Waals surface area contributed by atoms with Crippen molar-refractivity contribution in [3.05, 3.63) is 82.4 Å². The third kappa shape index (κ3) is 4.35. The Hall–Kier alpha value is -3.68. The fourth-order valence-electron chi connectivity index (χ4n) is 2.68. The Morgan fingerprint density at radius 3 is 2.64 bits per heavy atom. The number of nitro benzene ring substituents is 1. The number of nitrogens with zero attached hydrogens (tertiary/aromatic N) is 4. The summed E-state index contributed by atoms with van der Waals surface area (Å²) in [6.45, 7) is 2.66. The maximum absolute atomic E-state index is 12.6. The van der Waals surface area contributed by atoms with Crippen LogP contribution in [0.25, 0.3) is 5.69 Å². The lowest BCUT2D eigenvalue weighted by Crippen LogP contribution is -2.31. The molecule has 3 rings (SSSR count). The van der Waals surface area contributed by atoms with Crippen LogP contribution >= 0.6 is 0 Å². The van der Waals surface area contributed by atoms with Crippen molar-refractivity contribution < 1.29 is 14.5 Å². The largest absolute Gasteiger partial charge is 0.492 e. The number of amides is 1. The lowest BCUT2D eigenvalue weighted by atomic mass is 10.1. The molecule has 0 saturated carbocycles. The molecule has 1 aromatic heterocycles. The van der Waals surface area contributed by atoms with Crippen molar-refractivity contribution in [1.82, 2.24) is 14.5 Å². The van der Waals surface area contributed by atoms with Crippen LogP contribution in [0.4, 0.5) is 5.69 Å². The van der Waals surface area contributed by atoms with Gasteiger partial charge in [0.2, 0.25) is 0 Å². The Morgan fingerprint density at radius 1 is 1.25 bits per heavy atom. The second-order valence-corrected chi connectivity index (χ2v) is 6.32. The zero-order valence-corrected chi connectivity index (χ0v) is 15.6. The van der Waals surface area contributed by atoms with Gasteiger partial charge in [0.25, 0.3) is 11.6 Å². The molecule has 0 fully saturated rings. The molecule has 2 aromatic carbocycles. The first kappa shape index (κ1) is 19.1. The number of nitro groups is 1. The van der Waals surface area contributed by atoms with Crippen LogP contribution in [0.5, 0.6) is 5.75 Å². The summed E-state index contributed by atoms with van der Waals surface area (Å²) in [6, 6.07) is 12.0. The van der Waals surface area contributed by atoms with Gasteiger partial charge in [0, 0.05) is 31.1 Å². The number of benzene rings is 2. The molecule has 0 aliphatic rings. The van der Waals surface area contributed by atoms with E-state index in [0.29, 0.717) is 18.8 Å². The summed E-state index contributed by atoms with van der Waals surface area (Å²) in [5.41, 5.74) is 1.58. The van der Waals surface area contributed by atoms with E-state index in [1.807, 2.05) is 31.2 Å². The van der Waals surface area contributed by atoms with Gasteiger partial charge in [-0.2, -0.15) is 0 Å². The minimum atomic E-state index is -0.507. The number of hydrogen-bond donors (Lipinski definition) is 0. The summed E-state index contributed by atoms with van der Waals surface area (Å²) >= 11 is 0. The van der Waals surface area contributed by atoms with Crippen molar-refractivity contribution >= 4 is 11.6 Å². The number of ether oxygens (including phenoxy) is 1. The van der Waals surface area contributed by atoms with Gasteiger partial charge in [-0.3, -0.25) is 14.9 Å². The van der Waals surface area contributed by atoms with Crippen molar-refractivity contribution in [3.8, 4) is 11.4 Å². The Bertz CT molecular complexity index is 968. The molecule has 0 aliphatic heterocycles. The average Bonchev–Trinajstić information content (AvgIpc) is 3.23. The fraction of sp³-hybridized carbons (Fsp3) is 0.200. The molecule has 28 heavy (non-hydrogen) atoms. The van der Waals surface area contributed by atoms with Crippen LogP contribution in [0.1, 0.15) is 15.9 Å². The quantitative estimate of drug-likeness (QED) is 0.464. The Kier molecular flexibility index (Phi) is 5.69.